The van der Waals surface area contributed by atoms with Crippen molar-refractivity contribution in [2.45, 2.75) is 20.4 Å². The molecule has 1 amide bonds. The summed E-state index contributed by atoms with van der Waals surface area (Å²) in [5.74, 6) is -0.222. The summed E-state index contributed by atoms with van der Waals surface area (Å²) >= 11 is 1.08. The van der Waals surface area contributed by atoms with Gasteiger partial charge in [-0.25, -0.2) is 0 Å². The molecule has 1 N–H and O–H groups in total. The Labute approximate surface area is 166 Å². The number of rotatable bonds is 4. The summed E-state index contributed by atoms with van der Waals surface area (Å²) in [6.45, 7) is 4.58. The minimum atomic E-state index is -0.222. The Morgan fingerprint density at radius 2 is 1.96 bits per heavy atom. The van der Waals surface area contributed by atoms with E-state index in [1.165, 1.54) is 0 Å². The molecule has 2 heterocycles. The Morgan fingerprint density at radius 1 is 1.21 bits per heavy atom. The number of carbonyl (C=O) groups excluding carboxylic acids is 1. The smallest absolute Gasteiger partial charge is 0.269 e. The molecule has 0 aliphatic rings. The SMILES string of the molecule is CCn1c(-c2ccc(NC(=O)c3snnc3C)cc2)c(C#N)c2ccccc21. The lowest BCUT2D eigenvalue weighted by molar-refractivity contribution is 0.103. The monoisotopic (exact) mass is 387 g/mol. The first-order chi connectivity index (χ1) is 13.6. The van der Waals surface area contributed by atoms with Crippen molar-refractivity contribution in [1.82, 2.24) is 14.2 Å². The zero-order chi connectivity index (χ0) is 19.7. The number of hydrogen-bond donors (Lipinski definition) is 1. The van der Waals surface area contributed by atoms with Crippen LogP contribution in [0.4, 0.5) is 5.69 Å². The van der Waals surface area contributed by atoms with Crippen LogP contribution in [0.3, 0.4) is 0 Å². The van der Waals surface area contributed by atoms with Crippen molar-refractivity contribution < 1.29 is 4.79 Å². The molecule has 28 heavy (non-hydrogen) atoms. The second-order valence-electron chi connectivity index (χ2n) is 6.32. The predicted molar refractivity (Wildman–Crippen MR) is 110 cm³/mol. The van der Waals surface area contributed by atoms with Crippen LogP contribution >= 0.6 is 11.5 Å². The molecule has 7 heteroatoms. The summed E-state index contributed by atoms with van der Waals surface area (Å²) < 4.78 is 5.94. The van der Waals surface area contributed by atoms with Gasteiger partial charge in [0.1, 0.15) is 10.9 Å². The number of fused-ring (bicyclic) bond motifs is 1. The number of anilines is 1. The largest absolute Gasteiger partial charge is 0.340 e. The molecule has 2 aromatic carbocycles. The van der Waals surface area contributed by atoms with Crippen LogP contribution < -0.4 is 5.32 Å². The van der Waals surface area contributed by atoms with Gasteiger partial charge in [-0.15, -0.1) is 5.10 Å². The maximum Gasteiger partial charge on any atom is 0.269 e. The highest BCUT2D eigenvalue weighted by Gasteiger charge is 2.18. The van der Waals surface area contributed by atoms with Crippen LogP contribution in [0.5, 0.6) is 0 Å². The Bertz CT molecular complexity index is 1210. The molecule has 0 radical (unpaired) electrons. The van der Waals surface area contributed by atoms with Crippen LogP contribution in [0.25, 0.3) is 22.2 Å². The third-order valence-electron chi connectivity index (χ3n) is 4.67. The first kappa shape index (κ1) is 17.9. The fourth-order valence-electron chi connectivity index (χ4n) is 3.38. The minimum absolute atomic E-state index is 0.222. The quantitative estimate of drug-likeness (QED) is 0.554. The lowest BCUT2D eigenvalue weighted by Gasteiger charge is -2.10. The van der Waals surface area contributed by atoms with Crippen molar-refractivity contribution in [1.29, 1.82) is 5.26 Å². The van der Waals surface area contributed by atoms with E-state index >= 15 is 0 Å². The van der Waals surface area contributed by atoms with Crippen molar-refractivity contribution in [2.24, 2.45) is 0 Å². The van der Waals surface area contributed by atoms with Crippen LogP contribution in [0.1, 0.15) is 27.9 Å². The molecule has 6 nitrogen and oxygen atoms in total. The molecule has 138 valence electrons. The van der Waals surface area contributed by atoms with Crippen molar-refractivity contribution in [3.05, 3.63) is 64.7 Å². The van der Waals surface area contributed by atoms with Crippen LogP contribution in [0, 0.1) is 18.3 Å². The van der Waals surface area contributed by atoms with Gasteiger partial charge in [0.05, 0.1) is 17.0 Å². The lowest BCUT2D eigenvalue weighted by atomic mass is 10.1. The molecule has 0 spiro atoms. The zero-order valence-electron chi connectivity index (χ0n) is 15.4. The standard InChI is InChI=1S/C21H17N5OS/c1-3-26-18-7-5-4-6-16(18)17(12-22)19(26)14-8-10-15(11-9-14)23-21(27)20-13(2)24-25-28-20/h4-11H,3H2,1-2H3,(H,23,27). The van der Waals surface area contributed by atoms with Crippen LogP contribution in [0.2, 0.25) is 0 Å². The highest BCUT2D eigenvalue weighted by molar-refractivity contribution is 7.08. The van der Waals surface area contributed by atoms with Gasteiger partial charge in [0.2, 0.25) is 0 Å². The van der Waals surface area contributed by atoms with Crippen LogP contribution in [-0.2, 0) is 6.54 Å². The van der Waals surface area contributed by atoms with Gasteiger partial charge in [0.25, 0.3) is 5.91 Å². The average Bonchev–Trinajstić information content (AvgIpc) is 3.29. The minimum Gasteiger partial charge on any atom is -0.340 e. The van der Waals surface area contributed by atoms with Gasteiger partial charge in [-0.3, -0.25) is 4.79 Å². The second kappa shape index (κ2) is 7.25. The number of para-hydroxylation sites is 1. The van der Waals surface area contributed by atoms with E-state index in [4.69, 9.17) is 0 Å². The van der Waals surface area contributed by atoms with Crippen molar-refractivity contribution >= 4 is 34.0 Å². The van der Waals surface area contributed by atoms with E-state index in [0.717, 1.165) is 40.2 Å². The van der Waals surface area contributed by atoms with Gasteiger partial charge in [-0.1, -0.05) is 34.8 Å². The summed E-state index contributed by atoms with van der Waals surface area (Å²) in [4.78, 5) is 12.8. The van der Waals surface area contributed by atoms with Gasteiger partial charge in [-0.2, -0.15) is 5.26 Å². The fraction of sp³-hybridized carbons (Fsp3) is 0.143. The number of nitriles is 1. The molecule has 4 aromatic rings. The molecule has 4 rings (SSSR count). The number of hydrogen-bond acceptors (Lipinski definition) is 5. The molecular weight excluding hydrogens is 370 g/mol. The van der Waals surface area contributed by atoms with E-state index < -0.39 is 0 Å². The number of benzene rings is 2. The lowest BCUT2D eigenvalue weighted by Crippen LogP contribution is -2.11. The Morgan fingerprint density at radius 3 is 2.61 bits per heavy atom. The van der Waals surface area contributed by atoms with E-state index in [-0.39, 0.29) is 5.91 Å². The molecule has 2 aromatic heterocycles. The third kappa shape index (κ3) is 2.94. The second-order valence-corrected chi connectivity index (χ2v) is 7.07. The number of amides is 1. The summed E-state index contributed by atoms with van der Waals surface area (Å²) in [7, 11) is 0. The molecule has 0 aliphatic heterocycles. The Hall–Kier alpha value is -3.50. The first-order valence-corrected chi connectivity index (χ1v) is 9.63. The molecule has 0 atom stereocenters. The molecule has 0 saturated carbocycles. The predicted octanol–water partition coefficient (Wildman–Crippen LogP) is 4.61. The molecular formula is C21H17N5OS. The van der Waals surface area contributed by atoms with Gasteiger partial charge < -0.3 is 9.88 Å². The first-order valence-electron chi connectivity index (χ1n) is 8.86. The topological polar surface area (TPSA) is 83.6 Å². The van der Waals surface area contributed by atoms with Crippen molar-refractivity contribution in [3.8, 4) is 17.3 Å². The Kier molecular flexibility index (Phi) is 4.63. The number of aromatic nitrogens is 3. The number of nitrogens with one attached hydrogen (secondary N) is 1. The highest BCUT2D eigenvalue weighted by atomic mass is 32.1. The molecule has 0 fully saturated rings. The molecule has 0 saturated heterocycles. The number of nitrogens with zero attached hydrogens (tertiary/aromatic N) is 4. The third-order valence-corrected chi connectivity index (χ3v) is 5.50. The fourth-order valence-corrected chi connectivity index (χ4v) is 3.94. The maximum atomic E-state index is 12.3. The van der Waals surface area contributed by atoms with Crippen molar-refractivity contribution in [3.63, 3.8) is 0 Å². The summed E-state index contributed by atoms with van der Waals surface area (Å²) in [6.07, 6.45) is 0. The van der Waals surface area contributed by atoms with Gasteiger partial charge in [-0.05, 0) is 49.1 Å². The van der Waals surface area contributed by atoms with Gasteiger partial charge in [0.15, 0.2) is 0 Å². The molecule has 0 aliphatic carbocycles. The van der Waals surface area contributed by atoms with Crippen molar-refractivity contribution in [2.75, 3.05) is 5.32 Å². The molecule has 0 unspecified atom stereocenters. The van der Waals surface area contributed by atoms with E-state index in [9.17, 15) is 10.1 Å². The van der Waals surface area contributed by atoms with E-state index in [1.807, 2.05) is 48.5 Å². The van der Waals surface area contributed by atoms with E-state index in [0.29, 0.717) is 21.8 Å². The number of carbonyl (C=O) groups is 1. The Balaban J connectivity index is 1.71. The van der Waals surface area contributed by atoms with Gasteiger partial charge >= 0.3 is 0 Å². The van der Waals surface area contributed by atoms with E-state index in [2.05, 4.69) is 32.5 Å². The van der Waals surface area contributed by atoms with Crippen LogP contribution in [-0.4, -0.2) is 20.1 Å². The van der Waals surface area contributed by atoms with E-state index in [1.54, 1.807) is 6.92 Å². The average molecular weight is 387 g/mol. The summed E-state index contributed by atoms with van der Waals surface area (Å²) in [6, 6.07) is 17.8. The maximum absolute atomic E-state index is 12.3. The summed E-state index contributed by atoms with van der Waals surface area (Å²) in [5, 5.41) is 17.4. The normalized spacial score (nSPS) is 10.8. The zero-order valence-corrected chi connectivity index (χ0v) is 16.2. The van der Waals surface area contributed by atoms with Gasteiger partial charge in [0, 0.05) is 23.1 Å². The van der Waals surface area contributed by atoms with Crippen LogP contribution in [0.15, 0.2) is 48.5 Å². The highest BCUT2D eigenvalue weighted by Crippen LogP contribution is 2.34. The summed E-state index contributed by atoms with van der Waals surface area (Å²) in [5.41, 5.74) is 4.84. The molecule has 0 bridgehead atoms. The number of aryl methyl sites for hydroxylation is 2.